The van der Waals surface area contributed by atoms with E-state index in [1.165, 1.54) is 173 Å². The van der Waals surface area contributed by atoms with Crippen molar-refractivity contribution in [3.8, 4) is 0 Å². The van der Waals surface area contributed by atoms with E-state index >= 15 is 0 Å². The third-order valence-electron chi connectivity index (χ3n) is 11.5. The van der Waals surface area contributed by atoms with Crippen LogP contribution in [-0.2, 0) is 0 Å². The first-order valence-electron chi connectivity index (χ1n) is 18.3. The third-order valence-corrected chi connectivity index (χ3v) is 14.8. The van der Waals surface area contributed by atoms with Crippen LogP contribution in [0.25, 0.3) is 20.4 Å². The van der Waals surface area contributed by atoms with Gasteiger partial charge in [-0.15, -0.1) is 22.7 Å². The zero-order valence-corrected chi connectivity index (χ0v) is 30.7. The van der Waals surface area contributed by atoms with Crippen LogP contribution < -0.4 is 10.3 Å². The number of benzene rings is 2. The number of nitrogens with two attached hydrogens (primary N) is 2. The second-order valence-corrected chi connectivity index (χ2v) is 18.2. The molecule has 0 radical (unpaired) electrons. The SMILES string of the molecule is NSc1nc2c(C3CCCCC3)c(C3CCCCC3)ccc2s1.NSc1nc2c(C3CCCCC3)c(C3CCCCC3)ccc2s1. The molecule has 0 amide bonds. The highest BCUT2D eigenvalue weighted by Gasteiger charge is 2.29. The molecule has 4 fully saturated rings. The molecule has 0 atom stereocenters. The molecule has 4 aromatic rings. The number of nitrogens with zero attached hydrogens (tertiary/aromatic N) is 2. The van der Waals surface area contributed by atoms with Crippen molar-refractivity contribution < 1.29 is 0 Å². The maximum Gasteiger partial charge on any atom is 0.165 e. The highest BCUT2D eigenvalue weighted by molar-refractivity contribution is 7.99. The molecule has 4 aliphatic rings. The van der Waals surface area contributed by atoms with Gasteiger partial charge in [-0.25, -0.2) is 9.97 Å². The summed E-state index contributed by atoms with van der Waals surface area (Å²) in [4.78, 5) is 9.84. The van der Waals surface area contributed by atoms with Gasteiger partial charge in [0, 0.05) is 0 Å². The van der Waals surface area contributed by atoms with Crippen molar-refractivity contribution in [2.24, 2.45) is 10.3 Å². The number of hydrogen-bond donors (Lipinski definition) is 2. The Morgan fingerprint density at radius 2 is 0.783 bits per heavy atom. The molecular formula is C38H52N4S4. The molecule has 2 aromatic carbocycles. The van der Waals surface area contributed by atoms with Crippen LogP contribution in [0.3, 0.4) is 0 Å². The Bertz CT molecular complexity index is 1450. The number of rotatable bonds is 6. The van der Waals surface area contributed by atoms with Crippen molar-refractivity contribution in [1.82, 2.24) is 9.97 Å². The molecule has 8 heteroatoms. The normalized spacial score (nSPS) is 21.1. The molecule has 0 bridgehead atoms. The van der Waals surface area contributed by atoms with E-state index in [1.807, 2.05) is 0 Å². The standard InChI is InChI=1S/2C19H26N2S2/c2*20-23-19-21-18-16(22-19)12-11-15(13-7-3-1-4-8-13)17(18)14-9-5-2-6-10-14/h2*11-14H,1-10,20H2. The van der Waals surface area contributed by atoms with Gasteiger partial charge < -0.3 is 0 Å². The van der Waals surface area contributed by atoms with E-state index in [2.05, 4.69) is 24.3 Å². The predicted octanol–water partition coefficient (Wildman–Crippen LogP) is 12.7. The molecular weight excluding hydrogens is 641 g/mol. The summed E-state index contributed by atoms with van der Waals surface area (Å²) >= 11 is 6.11. The van der Waals surface area contributed by atoms with E-state index in [0.29, 0.717) is 0 Å². The van der Waals surface area contributed by atoms with E-state index in [0.717, 1.165) is 32.4 Å². The number of aromatic nitrogens is 2. The summed E-state index contributed by atoms with van der Waals surface area (Å²) in [5.41, 5.74) is 9.01. The van der Waals surface area contributed by atoms with Crippen molar-refractivity contribution in [3.63, 3.8) is 0 Å². The van der Waals surface area contributed by atoms with Gasteiger partial charge in [0.15, 0.2) is 8.68 Å². The lowest BCUT2D eigenvalue weighted by molar-refractivity contribution is 0.420. The Balaban J connectivity index is 0.000000147. The lowest BCUT2D eigenvalue weighted by atomic mass is 9.75. The molecule has 2 aromatic heterocycles. The van der Waals surface area contributed by atoms with Crippen LogP contribution in [-0.4, -0.2) is 9.97 Å². The largest absolute Gasteiger partial charge is 0.272 e. The van der Waals surface area contributed by atoms with Crippen LogP contribution in [0.15, 0.2) is 32.9 Å². The van der Waals surface area contributed by atoms with Gasteiger partial charge in [-0.3, -0.25) is 10.3 Å². The van der Waals surface area contributed by atoms with Crippen molar-refractivity contribution in [2.45, 2.75) is 161 Å². The molecule has 0 aliphatic heterocycles. The van der Waals surface area contributed by atoms with Gasteiger partial charge >= 0.3 is 0 Å². The summed E-state index contributed by atoms with van der Waals surface area (Å²) in [6.45, 7) is 0. The molecule has 8 rings (SSSR count). The van der Waals surface area contributed by atoms with Crippen LogP contribution >= 0.6 is 46.6 Å². The van der Waals surface area contributed by atoms with Crippen molar-refractivity contribution in [1.29, 1.82) is 0 Å². The van der Waals surface area contributed by atoms with Crippen LogP contribution in [0, 0.1) is 0 Å². The summed E-state index contributed by atoms with van der Waals surface area (Å²) in [5.74, 6) is 2.98. The second kappa shape index (κ2) is 16.0. The maximum absolute atomic E-state index is 5.79. The fourth-order valence-corrected chi connectivity index (χ4v) is 11.9. The van der Waals surface area contributed by atoms with Crippen LogP contribution in [0.4, 0.5) is 0 Å². The summed E-state index contributed by atoms with van der Waals surface area (Å²) < 4.78 is 4.69. The second-order valence-electron chi connectivity index (χ2n) is 14.4. The number of thiazole rings is 2. The minimum atomic E-state index is 0.724. The van der Waals surface area contributed by atoms with E-state index in [-0.39, 0.29) is 0 Å². The lowest BCUT2D eigenvalue weighted by Crippen LogP contribution is -2.13. The predicted molar refractivity (Wildman–Crippen MR) is 203 cm³/mol. The summed E-state index contributed by atoms with van der Waals surface area (Å²) in [5, 5.41) is 11.6. The van der Waals surface area contributed by atoms with Crippen LogP contribution in [0.2, 0.25) is 0 Å². The van der Waals surface area contributed by atoms with Gasteiger partial charge in [0.25, 0.3) is 0 Å². The van der Waals surface area contributed by atoms with Crippen molar-refractivity contribution in [3.05, 3.63) is 46.5 Å². The van der Waals surface area contributed by atoms with Crippen LogP contribution in [0.1, 0.15) is 174 Å². The Labute approximate surface area is 293 Å². The summed E-state index contributed by atoms with van der Waals surface area (Å²) in [6.07, 6.45) is 27.6. The fourth-order valence-electron chi connectivity index (χ4n) is 9.30. The first-order chi connectivity index (χ1) is 22.7. The molecule has 2 heterocycles. The van der Waals surface area contributed by atoms with Crippen molar-refractivity contribution >= 4 is 67.0 Å². The molecule has 0 saturated heterocycles. The highest BCUT2D eigenvalue weighted by atomic mass is 32.2. The maximum atomic E-state index is 5.79. The Hall–Kier alpha value is -1.16. The first-order valence-corrected chi connectivity index (χ1v) is 21.7. The molecule has 248 valence electrons. The van der Waals surface area contributed by atoms with Gasteiger partial charge in [-0.1, -0.05) is 89.2 Å². The Morgan fingerprint density at radius 3 is 1.11 bits per heavy atom. The monoisotopic (exact) mass is 692 g/mol. The topological polar surface area (TPSA) is 77.8 Å². The first kappa shape index (κ1) is 33.3. The minimum Gasteiger partial charge on any atom is -0.272 e. The van der Waals surface area contributed by atoms with E-state index in [1.54, 1.807) is 44.9 Å². The zero-order valence-electron chi connectivity index (χ0n) is 27.4. The lowest BCUT2D eigenvalue weighted by Gasteiger charge is -2.29. The molecule has 4 saturated carbocycles. The quantitative estimate of drug-likeness (QED) is 0.196. The van der Waals surface area contributed by atoms with E-state index in [9.17, 15) is 0 Å². The molecule has 4 aliphatic carbocycles. The molecule has 46 heavy (non-hydrogen) atoms. The third kappa shape index (κ3) is 7.38. The highest BCUT2D eigenvalue weighted by Crippen LogP contribution is 2.47. The summed E-state index contributed by atoms with van der Waals surface area (Å²) in [6, 6.07) is 9.49. The van der Waals surface area contributed by atoms with Gasteiger partial charge in [0.05, 0.1) is 20.4 Å². The minimum absolute atomic E-state index is 0.724. The van der Waals surface area contributed by atoms with Crippen LogP contribution in [0.5, 0.6) is 0 Å². The molecule has 4 nitrogen and oxygen atoms in total. The fraction of sp³-hybridized carbons (Fsp3) is 0.632. The Kier molecular flexibility index (Phi) is 11.6. The zero-order chi connectivity index (χ0) is 31.3. The van der Waals surface area contributed by atoms with Gasteiger partial charge in [0.2, 0.25) is 0 Å². The van der Waals surface area contributed by atoms with Gasteiger partial charge in [-0.2, -0.15) is 0 Å². The van der Waals surface area contributed by atoms with Gasteiger partial charge in [0.1, 0.15) is 0 Å². The smallest absolute Gasteiger partial charge is 0.165 e. The molecule has 4 N–H and O–H groups in total. The number of fused-ring (bicyclic) bond motifs is 2. The van der Waals surface area contributed by atoms with Gasteiger partial charge in [-0.05, 0) is 133 Å². The average molecular weight is 693 g/mol. The number of hydrogen-bond acceptors (Lipinski definition) is 8. The Morgan fingerprint density at radius 1 is 0.457 bits per heavy atom. The van der Waals surface area contributed by atoms with Crippen molar-refractivity contribution in [2.75, 3.05) is 0 Å². The average Bonchev–Trinajstić information content (AvgIpc) is 3.77. The molecule has 0 unspecified atom stereocenters. The molecule has 0 spiro atoms. The van der Waals surface area contributed by atoms with E-state index < -0.39 is 0 Å². The summed E-state index contributed by atoms with van der Waals surface area (Å²) in [7, 11) is 0. The van der Waals surface area contributed by atoms with E-state index in [4.69, 9.17) is 20.2 Å².